The Morgan fingerprint density at radius 1 is 1.17 bits per heavy atom. The number of hydrogen-bond acceptors (Lipinski definition) is 5. The maximum Gasteiger partial charge on any atom is 0.205 e. The molecule has 1 unspecified atom stereocenters. The Bertz CT molecular complexity index is 878. The summed E-state index contributed by atoms with van der Waals surface area (Å²) in [6.07, 6.45) is 11.4. The summed E-state index contributed by atoms with van der Waals surface area (Å²) in [6, 6.07) is 5.98. The van der Waals surface area contributed by atoms with Crippen LogP contribution in [0.5, 0.6) is 0 Å². The van der Waals surface area contributed by atoms with Crippen LogP contribution < -0.4 is 5.73 Å². The van der Waals surface area contributed by atoms with Gasteiger partial charge in [-0.15, -0.1) is 0 Å². The van der Waals surface area contributed by atoms with Gasteiger partial charge in [-0.05, 0) is 48.6 Å². The summed E-state index contributed by atoms with van der Waals surface area (Å²) in [5.74, 6) is 0.748. The van der Waals surface area contributed by atoms with Crippen LogP contribution in [0.2, 0.25) is 0 Å². The number of hydrogen-bond donors (Lipinski definition) is 1. The molecule has 5 heteroatoms. The third-order valence-electron chi connectivity index (χ3n) is 4.47. The monoisotopic (exact) mass is 320 g/mol. The second kappa shape index (κ2) is 5.82. The lowest BCUT2D eigenvalue weighted by Crippen LogP contribution is -2.23. The zero-order valence-corrected chi connectivity index (χ0v) is 13.0. The summed E-state index contributed by atoms with van der Waals surface area (Å²) < 4.78 is 16.2. The maximum atomic E-state index is 9.55. The van der Waals surface area contributed by atoms with Gasteiger partial charge >= 0.3 is 0 Å². The van der Waals surface area contributed by atoms with Crippen molar-refractivity contribution in [1.82, 2.24) is 0 Å². The van der Waals surface area contributed by atoms with E-state index in [2.05, 4.69) is 12.1 Å². The summed E-state index contributed by atoms with van der Waals surface area (Å²) in [4.78, 5) is 0. The predicted molar refractivity (Wildman–Crippen MR) is 86.9 cm³/mol. The number of furan rings is 2. The molecule has 2 aromatic rings. The van der Waals surface area contributed by atoms with E-state index in [9.17, 15) is 5.26 Å². The van der Waals surface area contributed by atoms with E-state index in [-0.39, 0.29) is 11.8 Å². The van der Waals surface area contributed by atoms with Crippen molar-refractivity contribution in [3.63, 3.8) is 0 Å². The topological polar surface area (TPSA) is 85.3 Å². The van der Waals surface area contributed by atoms with E-state index in [0.29, 0.717) is 5.57 Å². The van der Waals surface area contributed by atoms with Gasteiger partial charge in [-0.3, -0.25) is 0 Å². The van der Waals surface area contributed by atoms with Gasteiger partial charge in [-0.1, -0.05) is 0 Å². The van der Waals surface area contributed by atoms with E-state index in [1.54, 1.807) is 25.1 Å². The summed E-state index contributed by atoms with van der Waals surface area (Å²) in [5.41, 5.74) is 10.6. The second-order valence-corrected chi connectivity index (χ2v) is 5.92. The van der Waals surface area contributed by atoms with Crippen LogP contribution in [0.25, 0.3) is 6.08 Å². The first kappa shape index (κ1) is 14.5. The number of nitrogens with two attached hydrogens (primary N) is 1. The lowest BCUT2D eigenvalue weighted by atomic mass is 9.77. The molecule has 0 bridgehead atoms. The summed E-state index contributed by atoms with van der Waals surface area (Å²) in [5, 5.41) is 9.55. The molecule has 2 N–H and O–H groups in total. The van der Waals surface area contributed by atoms with E-state index < -0.39 is 0 Å². The van der Waals surface area contributed by atoms with E-state index in [1.807, 2.05) is 12.1 Å². The Morgan fingerprint density at radius 2 is 2.00 bits per heavy atom. The van der Waals surface area contributed by atoms with Gasteiger partial charge in [-0.25, -0.2) is 0 Å². The smallest absolute Gasteiger partial charge is 0.205 e. The van der Waals surface area contributed by atoms with Crippen molar-refractivity contribution in [3.8, 4) is 6.07 Å². The predicted octanol–water partition coefficient (Wildman–Crippen LogP) is 4.20. The molecule has 3 heterocycles. The molecule has 1 aliphatic carbocycles. The molecule has 0 saturated carbocycles. The maximum absolute atomic E-state index is 9.55. The SMILES string of the molecule is N#CC1=C(N)OC2=C(CCC/C2=C/c2ccoc2)C1c1ccoc1. The molecule has 2 aromatic heterocycles. The highest BCUT2D eigenvalue weighted by Gasteiger charge is 2.35. The zero-order valence-electron chi connectivity index (χ0n) is 13.0. The summed E-state index contributed by atoms with van der Waals surface area (Å²) in [6.45, 7) is 0. The third-order valence-corrected chi connectivity index (χ3v) is 4.47. The molecule has 4 rings (SSSR count). The highest BCUT2D eigenvalue weighted by molar-refractivity contribution is 5.61. The van der Waals surface area contributed by atoms with Crippen LogP contribution in [0.15, 0.2) is 74.4 Å². The van der Waals surface area contributed by atoms with E-state index in [0.717, 1.165) is 47.3 Å². The third kappa shape index (κ3) is 2.33. The van der Waals surface area contributed by atoms with Crippen LogP contribution in [-0.4, -0.2) is 0 Å². The normalized spacial score (nSPS) is 22.3. The van der Waals surface area contributed by atoms with Crippen molar-refractivity contribution in [1.29, 1.82) is 5.26 Å². The molecule has 5 nitrogen and oxygen atoms in total. The van der Waals surface area contributed by atoms with Gasteiger partial charge in [0, 0.05) is 11.1 Å². The molecule has 1 aliphatic heterocycles. The largest absolute Gasteiger partial charge is 0.472 e. The van der Waals surface area contributed by atoms with E-state index in [4.69, 9.17) is 19.3 Å². The van der Waals surface area contributed by atoms with Crippen LogP contribution in [0.1, 0.15) is 36.3 Å². The number of ether oxygens (including phenoxy) is 1. The Kier molecular flexibility index (Phi) is 3.51. The fourth-order valence-electron chi connectivity index (χ4n) is 3.41. The van der Waals surface area contributed by atoms with Gasteiger partial charge < -0.3 is 19.3 Å². The quantitative estimate of drug-likeness (QED) is 0.896. The van der Waals surface area contributed by atoms with Crippen molar-refractivity contribution in [2.24, 2.45) is 5.73 Å². The van der Waals surface area contributed by atoms with E-state index >= 15 is 0 Å². The summed E-state index contributed by atoms with van der Waals surface area (Å²) >= 11 is 0. The minimum Gasteiger partial charge on any atom is -0.472 e. The number of nitrogens with zero attached hydrogens (tertiary/aromatic N) is 1. The average molecular weight is 320 g/mol. The summed E-state index contributed by atoms with van der Waals surface area (Å²) in [7, 11) is 0. The minimum absolute atomic E-state index is 0.169. The Hall–Kier alpha value is -3.13. The lowest BCUT2D eigenvalue weighted by molar-refractivity contribution is 0.277. The average Bonchev–Trinajstić information content (AvgIpc) is 3.28. The minimum atomic E-state index is -0.203. The van der Waals surface area contributed by atoms with E-state index in [1.165, 1.54) is 0 Å². The van der Waals surface area contributed by atoms with Crippen LogP contribution in [0.4, 0.5) is 0 Å². The zero-order chi connectivity index (χ0) is 16.5. The molecule has 120 valence electrons. The van der Waals surface area contributed by atoms with Crippen molar-refractivity contribution in [2.45, 2.75) is 25.2 Å². The van der Waals surface area contributed by atoms with Gasteiger partial charge in [0.25, 0.3) is 0 Å². The molecule has 2 aliphatic rings. The molecule has 24 heavy (non-hydrogen) atoms. The molecular formula is C19H16N2O3. The fourth-order valence-corrected chi connectivity index (χ4v) is 3.41. The fraction of sp³-hybridized carbons (Fsp3) is 0.211. The molecule has 1 atom stereocenters. The van der Waals surface area contributed by atoms with Gasteiger partial charge in [0.15, 0.2) is 0 Å². The second-order valence-electron chi connectivity index (χ2n) is 5.92. The van der Waals surface area contributed by atoms with Crippen LogP contribution in [-0.2, 0) is 4.74 Å². The van der Waals surface area contributed by atoms with Gasteiger partial charge in [-0.2, -0.15) is 5.26 Å². The van der Waals surface area contributed by atoms with Crippen molar-refractivity contribution in [2.75, 3.05) is 0 Å². The van der Waals surface area contributed by atoms with Crippen LogP contribution in [0, 0.1) is 11.3 Å². The first-order valence-electron chi connectivity index (χ1n) is 7.84. The lowest BCUT2D eigenvalue weighted by Gasteiger charge is -2.32. The highest BCUT2D eigenvalue weighted by atomic mass is 16.5. The Morgan fingerprint density at radius 3 is 2.71 bits per heavy atom. The molecule has 0 aromatic carbocycles. The Balaban J connectivity index is 1.84. The molecule has 0 radical (unpaired) electrons. The molecule has 0 spiro atoms. The van der Waals surface area contributed by atoms with Gasteiger partial charge in [0.2, 0.25) is 5.88 Å². The Labute approximate surface area is 139 Å². The number of nitriles is 1. The van der Waals surface area contributed by atoms with Crippen LogP contribution >= 0.6 is 0 Å². The molecule has 0 saturated heterocycles. The van der Waals surface area contributed by atoms with Gasteiger partial charge in [0.05, 0.1) is 31.0 Å². The first-order chi connectivity index (χ1) is 11.8. The van der Waals surface area contributed by atoms with Crippen LogP contribution in [0.3, 0.4) is 0 Å². The molecule has 0 amide bonds. The standard InChI is InChI=1S/C19H16N2O3/c20-9-16-17(14-5-7-23-11-14)15-3-1-2-13(18(15)24-19(16)21)8-12-4-6-22-10-12/h4-8,10-11,17H,1-3,21H2/b13-8-. The number of rotatable bonds is 2. The van der Waals surface area contributed by atoms with Crippen molar-refractivity contribution >= 4 is 6.08 Å². The van der Waals surface area contributed by atoms with Crippen molar-refractivity contribution < 1.29 is 13.6 Å². The highest BCUT2D eigenvalue weighted by Crippen LogP contribution is 2.46. The molecule has 0 fully saturated rings. The van der Waals surface area contributed by atoms with Crippen molar-refractivity contribution in [3.05, 3.63) is 76.7 Å². The number of allylic oxidation sites excluding steroid dienone is 3. The first-order valence-corrected chi connectivity index (χ1v) is 7.84. The molecular weight excluding hydrogens is 304 g/mol. The van der Waals surface area contributed by atoms with Gasteiger partial charge in [0.1, 0.15) is 17.4 Å².